The molecule has 1 atom stereocenters. The first-order chi connectivity index (χ1) is 10.7. The van der Waals surface area contributed by atoms with Gasteiger partial charge < -0.3 is 19.5 Å². The number of hydrogen-bond donors (Lipinski definition) is 1. The third-order valence-corrected chi connectivity index (χ3v) is 4.86. The predicted molar refractivity (Wildman–Crippen MR) is 81.4 cm³/mol. The molecule has 1 N–H and O–H groups in total. The van der Waals surface area contributed by atoms with Crippen LogP contribution in [0.3, 0.4) is 0 Å². The van der Waals surface area contributed by atoms with Crippen LogP contribution in [0.15, 0.2) is 18.3 Å². The van der Waals surface area contributed by atoms with E-state index in [2.05, 4.69) is 4.98 Å². The van der Waals surface area contributed by atoms with Crippen molar-refractivity contribution in [3.05, 3.63) is 24.0 Å². The molecule has 2 saturated heterocycles. The first-order valence-electron chi connectivity index (χ1n) is 7.87. The highest BCUT2D eigenvalue weighted by atomic mass is 16.5. The number of hydrogen-bond acceptors (Lipinski definition) is 3. The monoisotopic (exact) mass is 305 g/mol. The van der Waals surface area contributed by atoms with E-state index in [4.69, 9.17) is 4.74 Å². The van der Waals surface area contributed by atoms with E-state index >= 15 is 0 Å². The topological polar surface area (TPSA) is 65.6 Å². The van der Waals surface area contributed by atoms with Gasteiger partial charge in [-0.05, 0) is 31.4 Å². The predicted octanol–water partition coefficient (Wildman–Crippen LogP) is 1.12. The maximum atomic E-state index is 12.8. The van der Waals surface area contributed by atoms with Gasteiger partial charge in [0.15, 0.2) is 0 Å². The van der Waals surface area contributed by atoms with E-state index in [1.807, 2.05) is 15.9 Å². The molecule has 1 aromatic heterocycles. The molecule has 3 heterocycles. The first kappa shape index (κ1) is 15.1. The Morgan fingerprint density at radius 2 is 2.27 bits per heavy atom. The van der Waals surface area contributed by atoms with Crippen molar-refractivity contribution in [3.8, 4) is 0 Å². The van der Waals surface area contributed by atoms with Gasteiger partial charge >= 0.3 is 0 Å². The molecular formula is C16H23N3O3. The van der Waals surface area contributed by atoms with Crippen LogP contribution in [-0.4, -0.2) is 66.5 Å². The summed E-state index contributed by atoms with van der Waals surface area (Å²) >= 11 is 0. The number of carbonyl (C=O) groups is 2. The van der Waals surface area contributed by atoms with Crippen molar-refractivity contribution in [2.75, 3.05) is 39.9 Å². The van der Waals surface area contributed by atoms with Crippen LogP contribution < -0.4 is 0 Å². The van der Waals surface area contributed by atoms with Crippen LogP contribution in [-0.2, 0) is 9.53 Å². The molecule has 0 bridgehead atoms. The lowest BCUT2D eigenvalue weighted by Gasteiger charge is -2.39. The molecular weight excluding hydrogens is 282 g/mol. The van der Waals surface area contributed by atoms with Crippen molar-refractivity contribution >= 4 is 11.8 Å². The summed E-state index contributed by atoms with van der Waals surface area (Å²) < 4.78 is 5.09. The van der Waals surface area contributed by atoms with Gasteiger partial charge in [-0.2, -0.15) is 0 Å². The van der Waals surface area contributed by atoms with Gasteiger partial charge in [0.05, 0.1) is 12.0 Å². The molecule has 2 aliphatic heterocycles. The molecule has 0 aliphatic carbocycles. The summed E-state index contributed by atoms with van der Waals surface area (Å²) in [6.45, 7) is 3.19. The van der Waals surface area contributed by atoms with Crippen LogP contribution in [0.2, 0.25) is 0 Å². The number of likely N-dealkylation sites (tertiary alicyclic amines) is 2. The van der Waals surface area contributed by atoms with E-state index in [0.29, 0.717) is 31.9 Å². The van der Waals surface area contributed by atoms with Crippen LogP contribution in [0.25, 0.3) is 0 Å². The molecule has 22 heavy (non-hydrogen) atoms. The van der Waals surface area contributed by atoms with E-state index in [1.165, 1.54) is 0 Å². The fourth-order valence-corrected chi connectivity index (χ4v) is 3.63. The number of nitrogens with zero attached hydrogens (tertiary/aromatic N) is 2. The Labute approximate surface area is 130 Å². The number of rotatable bonds is 4. The lowest BCUT2D eigenvalue weighted by atomic mass is 9.78. The minimum absolute atomic E-state index is 0.0105. The first-order valence-corrected chi connectivity index (χ1v) is 7.87. The fraction of sp³-hybridized carbons (Fsp3) is 0.625. The smallest absolute Gasteiger partial charge is 0.270 e. The Hall–Kier alpha value is -1.82. The number of methoxy groups -OCH3 is 1. The number of ether oxygens (including phenoxy) is 1. The second-order valence-electron chi connectivity index (χ2n) is 6.23. The van der Waals surface area contributed by atoms with Crippen molar-refractivity contribution in [1.29, 1.82) is 0 Å². The second-order valence-corrected chi connectivity index (χ2v) is 6.23. The quantitative estimate of drug-likeness (QED) is 0.906. The lowest BCUT2D eigenvalue weighted by Crippen LogP contribution is -2.51. The van der Waals surface area contributed by atoms with Crippen molar-refractivity contribution in [2.45, 2.75) is 19.3 Å². The Kier molecular flexibility index (Phi) is 4.20. The molecule has 0 saturated carbocycles. The van der Waals surface area contributed by atoms with Crippen LogP contribution in [0.1, 0.15) is 29.8 Å². The largest absolute Gasteiger partial charge is 0.383 e. The number of piperidine rings is 1. The van der Waals surface area contributed by atoms with E-state index < -0.39 is 0 Å². The molecule has 2 fully saturated rings. The van der Waals surface area contributed by atoms with Crippen molar-refractivity contribution in [3.63, 3.8) is 0 Å². The van der Waals surface area contributed by atoms with Gasteiger partial charge in [-0.15, -0.1) is 0 Å². The molecule has 120 valence electrons. The molecule has 1 aromatic rings. The van der Waals surface area contributed by atoms with Crippen molar-refractivity contribution in [1.82, 2.24) is 14.8 Å². The van der Waals surface area contributed by atoms with E-state index in [-0.39, 0.29) is 17.2 Å². The number of nitrogens with one attached hydrogen (secondary N) is 1. The Morgan fingerprint density at radius 3 is 3.00 bits per heavy atom. The number of aromatic nitrogens is 1. The minimum Gasteiger partial charge on any atom is -0.383 e. The second kappa shape index (κ2) is 6.12. The van der Waals surface area contributed by atoms with Gasteiger partial charge in [0.25, 0.3) is 5.91 Å². The lowest BCUT2D eigenvalue weighted by molar-refractivity contribution is -0.146. The summed E-state index contributed by atoms with van der Waals surface area (Å²) in [5.74, 6) is 0.182. The molecule has 2 aliphatic rings. The number of H-pyrrole nitrogens is 1. The van der Waals surface area contributed by atoms with Gasteiger partial charge in [-0.1, -0.05) is 0 Å². The summed E-state index contributed by atoms with van der Waals surface area (Å²) in [5.41, 5.74) is 0.213. The molecule has 3 rings (SSSR count). The van der Waals surface area contributed by atoms with Crippen LogP contribution in [0, 0.1) is 5.41 Å². The highest BCUT2D eigenvalue weighted by molar-refractivity contribution is 5.94. The maximum Gasteiger partial charge on any atom is 0.270 e. The molecule has 0 aromatic carbocycles. The molecule has 0 radical (unpaired) electrons. The Morgan fingerprint density at radius 1 is 1.41 bits per heavy atom. The Bertz CT molecular complexity index is 543. The molecule has 6 nitrogen and oxygen atoms in total. The van der Waals surface area contributed by atoms with Gasteiger partial charge in [0.1, 0.15) is 5.69 Å². The van der Waals surface area contributed by atoms with Crippen LogP contribution in [0.4, 0.5) is 0 Å². The third-order valence-electron chi connectivity index (χ3n) is 4.86. The normalized spacial score (nSPS) is 25.2. The summed E-state index contributed by atoms with van der Waals surface area (Å²) in [4.78, 5) is 31.9. The SMILES string of the molecule is COCCN1CCC[C@@]2(CCN(C(=O)c3ccc[nH]3)C2)C1=O. The highest BCUT2D eigenvalue weighted by Gasteiger charge is 2.49. The van der Waals surface area contributed by atoms with E-state index in [1.54, 1.807) is 19.4 Å². The summed E-state index contributed by atoms with van der Waals surface area (Å²) in [6, 6.07) is 3.60. The van der Waals surface area contributed by atoms with Gasteiger partial charge in [-0.3, -0.25) is 9.59 Å². The van der Waals surface area contributed by atoms with Gasteiger partial charge in [0, 0.05) is 39.5 Å². The average Bonchev–Trinajstić information content (AvgIpc) is 3.19. The maximum absolute atomic E-state index is 12.8. The van der Waals surface area contributed by atoms with Crippen molar-refractivity contribution < 1.29 is 14.3 Å². The molecule has 6 heteroatoms. The van der Waals surface area contributed by atoms with Gasteiger partial charge in [0.2, 0.25) is 5.91 Å². The van der Waals surface area contributed by atoms with E-state index in [0.717, 1.165) is 25.8 Å². The molecule has 0 unspecified atom stereocenters. The zero-order chi connectivity index (χ0) is 15.6. The van der Waals surface area contributed by atoms with E-state index in [9.17, 15) is 9.59 Å². The van der Waals surface area contributed by atoms with Crippen molar-refractivity contribution in [2.24, 2.45) is 5.41 Å². The summed E-state index contributed by atoms with van der Waals surface area (Å²) in [5, 5.41) is 0. The van der Waals surface area contributed by atoms with Crippen LogP contribution in [0.5, 0.6) is 0 Å². The fourth-order valence-electron chi connectivity index (χ4n) is 3.63. The highest BCUT2D eigenvalue weighted by Crippen LogP contribution is 2.40. The summed E-state index contributed by atoms with van der Waals surface area (Å²) in [7, 11) is 1.65. The number of carbonyl (C=O) groups excluding carboxylic acids is 2. The molecule has 2 amide bonds. The zero-order valence-electron chi connectivity index (χ0n) is 13.0. The summed E-state index contributed by atoms with van der Waals surface area (Å²) in [6.07, 6.45) is 4.39. The van der Waals surface area contributed by atoms with Crippen LogP contribution >= 0.6 is 0 Å². The Balaban J connectivity index is 1.69. The number of amides is 2. The average molecular weight is 305 g/mol. The third kappa shape index (κ3) is 2.63. The minimum atomic E-state index is -0.381. The number of aromatic amines is 1. The van der Waals surface area contributed by atoms with Gasteiger partial charge in [-0.25, -0.2) is 0 Å². The zero-order valence-corrected chi connectivity index (χ0v) is 13.0. The molecule has 1 spiro atoms. The standard InChI is InChI=1S/C16H23N3O3/c1-22-11-10-18-8-3-5-16(15(18)21)6-9-19(12-16)14(20)13-4-2-7-17-13/h2,4,7,17H,3,5-6,8-12H2,1H3/t16-/m0/s1.